The van der Waals surface area contributed by atoms with Crippen LogP contribution >= 0.6 is 0 Å². The lowest BCUT2D eigenvalue weighted by Crippen LogP contribution is -2.37. The van der Waals surface area contributed by atoms with Crippen LogP contribution < -0.4 is 9.47 Å². The molecule has 1 unspecified atom stereocenters. The third-order valence-corrected chi connectivity index (χ3v) is 5.10. The number of hydrogen-bond acceptors (Lipinski definition) is 4. The van der Waals surface area contributed by atoms with Crippen molar-refractivity contribution in [2.75, 3.05) is 0 Å². The first-order chi connectivity index (χ1) is 11.7. The summed E-state index contributed by atoms with van der Waals surface area (Å²) in [6.45, 7) is 10.2. The van der Waals surface area contributed by atoms with Crippen LogP contribution in [0.3, 0.4) is 0 Å². The van der Waals surface area contributed by atoms with E-state index >= 15 is 0 Å². The lowest BCUT2D eigenvalue weighted by atomic mass is 9.85. The summed E-state index contributed by atoms with van der Waals surface area (Å²) < 4.78 is 11.9. The minimum Gasteiger partial charge on any atom is -0.487 e. The maximum absolute atomic E-state index is 12.0. The summed E-state index contributed by atoms with van der Waals surface area (Å²) >= 11 is 0. The van der Waals surface area contributed by atoms with Crippen LogP contribution in [0.25, 0.3) is 0 Å². The number of aliphatic carboxylic acids is 1. The van der Waals surface area contributed by atoms with Crippen molar-refractivity contribution < 1.29 is 24.2 Å². The summed E-state index contributed by atoms with van der Waals surface area (Å²) in [7, 11) is 0. The fourth-order valence-electron chi connectivity index (χ4n) is 3.51. The highest BCUT2D eigenvalue weighted by Crippen LogP contribution is 2.44. The van der Waals surface area contributed by atoms with E-state index in [4.69, 9.17) is 14.6 Å². The SMILES string of the molecule is CCCC1(C)CCc2c(C)c(OC(=O)CCC(=O)O)c(C)c(C)c2O1. The predicted molar refractivity (Wildman–Crippen MR) is 95.4 cm³/mol. The Labute approximate surface area is 149 Å². The van der Waals surface area contributed by atoms with Crippen LogP contribution in [-0.4, -0.2) is 22.6 Å². The Bertz CT molecular complexity index is 692. The Kier molecular flexibility index (Phi) is 5.76. The number of rotatable bonds is 6. The van der Waals surface area contributed by atoms with Gasteiger partial charge in [-0.3, -0.25) is 9.59 Å². The molecule has 5 nitrogen and oxygen atoms in total. The summed E-state index contributed by atoms with van der Waals surface area (Å²) in [6.07, 6.45) is 3.55. The monoisotopic (exact) mass is 348 g/mol. The van der Waals surface area contributed by atoms with Crippen LogP contribution in [0.4, 0.5) is 0 Å². The highest BCUT2D eigenvalue weighted by molar-refractivity contribution is 5.79. The van der Waals surface area contributed by atoms with E-state index in [0.29, 0.717) is 5.75 Å². The van der Waals surface area contributed by atoms with Gasteiger partial charge in [0.05, 0.1) is 12.8 Å². The zero-order chi connectivity index (χ0) is 18.8. The number of fused-ring (bicyclic) bond motifs is 1. The zero-order valence-electron chi connectivity index (χ0n) is 15.8. The Morgan fingerprint density at radius 3 is 2.44 bits per heavy atom. The molecule has 0 spiro atoms. The van der Waals surface area contributed by atoms with Crippen LogP contribution in [0.2, 0.25) is 0 Å². The molecule has 1 N–H and O–H groups in total. The van der Waals surface area contributed by atoms with Crippen molar-refractivity contribution in [1.29, 1.82) is 0 Å². The molecule has 25 heavy (non-hydrogen) atoms. The van der Waals surface area contributed by atoms with Crippen molar-refractivity contribution >= 4 is 11.9 Å². The number of esters is 1. The minimum absolute atomic E-state index is 0.130. The third kappa shape index (κ3) is 4.14. The van der Waals surface area contributed by atoms with E-state index in [-0.39, 0.29) is 18.4 Å². The smallest absolute Gasteiger partial charge is 0.311 e. The summed E-state index contributed by atoms with van der Waals surface area (Å²) in [5.74, 6) is -0.0482. The standard InChI is InChI=1S/C20H28O5/c1-6-10-20(5)11-9-15-14(4)18(12(2)13(3)19(15)25-20)24-17(23)8-7-16(21)22/h6-11H2,1-5H3,(H,21,22). The number of hydrogen-bond donors (Lipinski definition) is 1. The molecule has 0 aromatic heterocycles. The number of carboxylic acid groups (broad SMARTS) is 1. The second-order valence-electron chi connectivity index (χ2n) is 7.18. The lowest BCUT2D eigenvalue weighted by Gasteiger charge is -2.38. The normalized spacial score (nSPS) is 19.1. The Hall–Kier alpha value is -2.04. The number of carbonyl (C=O) groups excluding carboxylic acids is 1. The molecule has 0 radical (unpaired) electrons. The van der Waals surface area contributed by atoms with Gasteiger partial charge in [-0.15, -0.1) is 0 Å². The molecule has 2 rings (SSSR count). The fraction of sp³-hybridized carbons (Fsp3) is 0.600. The van der Waals surface area contributed by atoms with Gasteiger partial charge in [-0.05, 0) is 63.6 Å². The molecule has 0 fully saturated rings. The average molecular weight is 348 g/mol. The molecular formula is C20H28O5. The first-order valence-electron chi connectivity index (χ1n) is 8.92. The molecule has 0 amide bonds. The third-order valence-electron chi connectivity index (χ3n) is 5.10. The molecule has 1 aliphatic rings. The fourth-order valence-corrected chi connectivity index (χ4v) is 3.51. The second kappa shape index (κ2) is 7.46. The van der Waals surface area contributed by atoms with Gasteiger partial charge in [0.25, 0.3) is 0 Å². The Balaban J connectivity index is 2.33. The molecular weight excluding hydrogens is 320 g/mol. The summed E-state index contributed by atoms with van der Waals surface area (Å²) in [5, 5.41) is 8.71. The van der Waals surface area contributed by atoms with E-state index < -0.39 is 11.9 Å². The summed E-state index contributed by atoms with van der Waals surface area (Å²) in [5.41, 5.74) is 3.73. The number of carboxylic acids is 1. The summed E-state index contributed by atoms with van der Waals surface area (Å²) in [6, 6.07) is 0. The van der Waals surface area contributed by atoms with E-state index in [1.807, 2.05) is 20.8 Å². The van der Waals surface area contributed by atoms with Gasteiger partial charge in [-0.1, -0.05) is 13.3 Å². The molecule has 0 saturated heterocycles. The molecule has 5 heteroatoms. The summed E-state index contributed by atoms with van der Waals surface area (Å²) in [4.78, 5) is 22.6. The largest absolute Gasteiger partial charge is 0.487 e. The van der Waals surface area contributed by atoms with E-state index in [0.717, 1.165) is 53.7 Å². The van der Waals surface area contributed by atoms with Gasteiger partial charge < -0.3 is 14.6 Å². The number of ether oxygens (including phenoxy) is 2. The average Bonchev–Trinajstić information content (AvgIpc) is 2.54. The maximum Gasteiger partial charge on any atom is 0.311 e. The molecule has 1 aromatic rings. The molecule has 0 bridgehead atoms. The zero-order valence-corrected chi connectivity index (χ0v) is 15.8. The van der Waals surface area contributed by atoms with E-state index in [9.17, 15) is 9.59 Å². The second-order valence-corrected chi connectivity index (χ2v) is 7.18. The van der Waals surface area contributed by atoms with Gasteiger partial charge in [0.2, 0.25) is 0 Å². The lowest BCUT2D eigenvalue weighted by molar-refractivity contribution is -0.142. The van der Waals surface area contributed by atoms with E-state index in [2.05, 4.69) is 13.8 Å². The predicted octanol–water partition coefficient (Wildman–Crippen LogP) is 4.27. The van der Waals surface area contributed by atoms with Crippen molar-refractivity contribution in [3.8, 4) is 11.5 Å². The molecule has 138 valence electrons. The van der Waals surface area contributed by atoms with Crippen LogP contribution in [0.5, 0.6) is 11.5 Å². The van der Waals surface area contributed by atoms with Gasteiger partial charge >= 0.3 is 11.9 Å². The van der Waals surface area contributed by atoms with Crippen molar-refractivity contribution in [1.82, 2.24) is 0 Å². The molecule has 1 heterocycles. The van der Waals surface area contributed by atoms with E-state index in [1.54, 1.807) is 0 Å². The van der Waals surface area contributed by atoms with Crippen molar-refractivity contribution in [3.05, 3.63) is 22.3 Å². The van der Waals surface area contributed by atoms with Gasteiger partial charge in [-0.2, -0.15) is 0 Å². The minimum atomic E-state index is -1.00. The first kappa shape index (κ1) is 19.3. The first-order valence-corrected chi connectivity index (χ1v) is 8.92. The molecule has 1 aliphatic heterocycles. The van der Waals surface area contributed by atoms with Crippen molar-refractivity contribution in [2.24, 2.45) is 0 Å². The Morgan fingerprint density at radius 2 is 1.84 bits per heavy atom. The van der Waals surface area contributed by atoms with Gasteiger partial charge in [0, 0.05) is 5.56 Å². The highest BCUT2D eigenvalue weighted by Gasteiger charge is 2.34. The van der Waals surface area contributed by atoms with Gasteiger partial charge in [-0.25, -0.2) is 0 Å². The quantitative estimate of drug-likeness (QED) is 0.614. The Morgan fingerprint density at radius 1 is 1.16 bits per heavy atom. The van der Waals surface area contributed by atoms with Gasteiger partial charge in [0.1, 0.15) is 17.1 Å². The molecule has 1 atom stereocenters. The van der Waals surface area contributed by atoms with Crippen molar-refractivity contribution in [2.45, 2.75) is 78.7 Å². The molecule has 1 aromatic carbocycles. The number of carbonyl (C=O) groups is 2. The maximum atomic E-state index is 12.0. The topological polar surface area (TPSA) is 72.8 Å². The number of benzene rings is 1. The van der Waals surface area contributed by atoms with Crippen LogP contribution in [0, 0.1) is 20.8 Å². The van der Waals surface area contributed by atoms with Crippen LogP contribution in [-0.2, 0) is 16.0 Å². The molecule has 0 saturated carbocycles. The van der Waals surface area contributed by atoms with Crippen molar-refractivity contribution in [3.63, 3.8) is 0 Å². The van der Waals surface area contributed by atoms with Crippen LogP contribution in [0.15, 0.2) is 0 Å². The molecule has 0 aliphatic carbocycles. The van der Waals surface area contributed by atoms with E-state index in [1.165, 1.54) is 0 Å². The van der Waals surface area contributed by atoms with Crippen LogP contribution in [0.1, 0.15) is 68.2 Å². The van der Waals surface area contributed by atoms with Gasteiger partial charge in [0.15, 0.2) is 0 Å². The highest BCUT2D eigenvalue weighted by atomic mass is 16.5.